The molecule has 2 aliphatic carbocycles. The molecule has 3 aromatic rings. The molecular formula is C45H55F3N6O8S2. The number of halogens is 3. The summed E-state index contributed by atoms with van der Waals surface area (Å²) < 4.78 is 80.9. The van der Waals surface area contributed by atoms with Gasteiger partial charge in [-0.3, -0.25) is 23.9 Å². The second-order valence-electron chi connectivity index (χ2n) is 18.2. The number of hydrogen-bond acceptors (Lipinski definition) is 11. The van der Waals surface area contributed by atoms with Gasteiger partial charge in [-0.25, -0.2) is 18.4 Å². The molecule has 4 amide bonds. The lowest BCUT2D eigenvalue weighted by Gasteiger charge is -2.34. The number of benzene rings is 1. The van der Waals surface area contributed by atoms with Gasteiger partial charge in [0, 0.05) is 60.7 Å². The van der Waals surface area contributed by atoms with Crippen LogP contribution in [-0.2, 0) is 29.2 Å². The molecule has 19 heteroatoms. The van der Waals surface area contributed by atoms with Crippen LogP contribution in [0.25, 0.3) is 21.6 Å². The van der Waals surface area contributed by atoms with Gasteiger partial charge in [-0.1, -0.05) is 38.8 Å². The Morgan fingerprint density at radius 2 is 1.81 bits per heavy atom. The molecule has 5 heterocycles. The summed E-state index contributed by atoms with van der Waals surface area (Å²) in [5.41, 5.74) is 0.450. The number of sulfonamides is 1. The van der Waals surface area contributed by atoms with Crippen LogP contribution in [0, 0.1) is 17.8 Å². The average molecular weight is 929 g/mol. The van der Waals surface area contributed by atoms with Crippen molar-refractivity contribution < 1.29 is 50.2 Å². The molecule has 2 saturated carbocycles. The van der Waals surface area contributed by atoms with Crippen LogP contribution < -0.4 is 19.5 Å². The van der Waals surface area contributed by atoms with Crippen molar-refractivity contribution in [2.75, 3.05) is 26.7 Å². The van der Waals surface area contributed by atoms with E-state index in [2.05, 4.69) is 10.0 Å². The molecule has 2 aromatic heterocycles. The smallest absolute Gasteiger partial charge is 0.391 e. The fourth-order valence-corrected chi connectivity index (χ4v) is 11.4. The number of methoxy groups -OCH3 is 1. The van der Waals surface area contributed by atoms with Crippen molar-refractivity contribution in [1.82, 2.24) is 29.8 Å². The molecule has 0 radical (unpaired) electrons. The highest BCUT2D eigenvalue weighted by molar-refractivity contribution is 7.91. The molecule has 0 spiro atoms. The van der Waals surface area contributed by atoms with Gasteiger partial charge in [0.2, 0.25) is 27.7 Å². The van der Waals surface area contributed by atoms with E-state index in [-0.39, 0.29) is 57.7 Å². The first-order chi connectivity index (χ1) is 30.5. The number of fused-ring (bicyclic) bond motifs is 3. The first-order valence-electron chi connectivity index (χ1n) is 22.3. The zero-order valence-corrected chi connectivity index (χ0v) is 37.8. The van der Waals surface area contributed by atoms with E-state index in [1.54, 1.807) is 25.3 Å². The van der Waals surface area contributed by atoms with E-state index in [1.165, 1.54) is 21.1 Å². The number of hydrogen-bond donors (Lipinski definition) is 2. The lowest BCUT2D eigenvalue weighted by Crippen LogP contribution is -2.57. The standard InChI is InChI=1S/C45H55F3N6O8S2/c1-26(2)36-25-63-41(50-36)35-22-38(33-14-11-30(61-3)20-34(33)49-35)62-31-21-37-40(56)51-44(43(58)52-64(59,60)32-12-13-32)23-29(44)10-8-6-4-5-7-9-27(42(57)54(37)24-31)19-39(55)53-17-15-28(16-18-53)45(46,47)48/h8,10-11,14,20,22,25-29,31-32,37H,4-7,9,12-13,15-19,21,23-24H2,1-3H3,(H,51,56)(H,52,58)/t27-,29?,31-,37+,44-/m1/s1. The molecular weight excluding hydrogens is 874 g/mol. The number of rotatable bonds is 10. The molecule has 8 rings (SSSR count). The van der Waals surface area contributed by atoms with Crippen molar-refractivity contribution in [1.29, 1.82) is 0 Å². The van der Waals surface area contributed by atoms with Crippen LogP contribution in [0.15, 0.2) is 41.8 Å². The van der Waals surface area contributed by atoms with E-state index >= 15 is 0 Å². The topological polar surface area (TPSA) is 177 Å². The molecule has 3 aliphatic heterocycles. The monoisotopic (exact) mass is 928 g/mol. The van der Waals surface area contributed by atoms with Crippen LogP contribution in [-0.4, -0.2) is 108 Å². The second kappa shape index (κ2) is 18.2. The Morgan fingerprint density at radius 1 is 1.05 bits per heavy atom. The predicted molar refractivity (Wildman–Crippen MR) is 233 cm³/mol. The summed E-state index contributed by atoms with van der Waals surface area (Å²) >= 11 is 1.44. The number of allylic oxidation sites excluding steroid dienone is 1. The maximum absolute atomic E-state index is 14.9. The number of carbonyl (C=O) groups excluding carboxylic acids is 4. The number of pyridine rings is 1. The van der Waals surface area contributed by atoms with Crippen molar-refractivity contribution in [3.05, 3.63) is 47.5 Å². The second-order valence-corrected chi connectivity index (χ2v) is 21.0. The number of ether oxygens (including phenoxy) is 2. The van der Waals surface area contributed by atoms with Gasteiger partial charge in [-0.2, -0.15) is 13.2 Å². The Morgan fingerprint density at radius 3 is 2.50 bits per heavy atom. The van der Waals surface area contributed by atoms with Crippen LogP contribution in [0.5, 0.6) is 11.5 Å². The summed E-state index contributed by atoms with van der Waals surface area (Å²) in [6, 6.07) is 5.96. The van der Waals surface area contributed by atoms with Gasteiger partial charge in [0.25, 0.3) is 5.91 Å². The SMILES string of the molecule is COc1ccc2c(O[C@@H]3C[C@H]4C(=O)N[C@]5(C(=O)NS(=O)(=O)C6CC6)CC5C=CCCCCC[C@H](CC(=O)N5CCC(C(F)(F)F)CC5)C(=O)N4C3)cc(-c3nc(C(C)C)cs3)nc2c1. The Hall–Kier alpha value is -4.78. The number of thiazole rings is 1. The maximum Gasteiger partial charge on any atom is 0.391 e. The number of alkyl halides is 3. The number of carbonyl (C=O) groups is 4. The molecule has 2 saturated heterocycles. The minimum Gasteiger partial charge on any atom is -0.497 e. The van der Waals surface area contributed by atoms with Crippen LogP contribution >= 0.6 is 11.3 Å². The summed E-state index contributed by atoms with van der Waals surface area (Å²) in [5, 5.41) is 5.50. The van der Waals surface area contributed by atoms with Crippen LogP contribution in [0.2, 0.25) is 0 Å². The third-order valence-corrected chi connectivity index (χ3v) is 16.0. The molecule has 14 nitrogen and oxygen atoms in total. The van der Waals surface area contributed by atoms with Crippen molar-refractivity contribution in [2.24, 2.45) is 17.8 Å². The van der Waals surface area contributed by atoms with E-state index < -0.39 is 80.5 Å². The van der Waals surface area contributed by atoms with Crippen molar-refractivity contribution in [3.63, 3.8) is 0 Å². The fraction of sp³-hybridized carbons (Fsp3) is 0.600. The van der Waals surface area contributed by atoms with Gasteiger partial charge in [0.1, 0.15) is 39.9 Å². The van der Waals surface area contributed by atoms with Crippen LogP contribution in [0.4, 0.5) is 13.2 Å². The Bertz CT molecular complexity index is 2410. The predicted octanol–water partition coefficient (Wildman–Crippen LogP) is 6.65. The van der Waals surface area contributed by atoms with Crippen molar-refractivity contribution in [3.8, 4) is 22.2 Å². The first-order valence-corrected chi connectivity index (χ1v) is 24.7. The minimum absolute atomic E-state index is 0.00811. The molecule has 5 aliphatic rings. The van der Waals surface area contributed by atoms with Crippen LogP contribution in [0.1, 0.15) is 103 Å². The number of amides is 4. The van der Waals surface area contributed by atoms with E-state index in [1.807, 2.05) is 37.4 Å². The van der Waals surface area contributed by atoms with E-state index in [4.69, 9.17) is 19.4 Å². The van der Waals surface area contributed by atoms with Gasteiger partial charge >= 0.3 is 6.18 Å². The van der Waals surface area contributed by atoms with Gasteiger partial charge < -0.3 is 24.6 Å². The highest BCUT2D eigenvalue weighted by Gasteiger charge is 2.62. The van der Waals surface area contributed by atoms with Gasteiger partial charge in [-0.05, 0) is 69.4 Å². The maximum atomic E-state index is 14.9. The molecule has 64 heavy (non-hydrogen) atoms. The zero-order chi connectivity index (χ0) is 45.6. The Balaban J connectivity index is 1.11. The molecule has 0 bridgehead atoms. The van der Waals surface area contributed by atoms with Crippen molar-refractivity contribution in [2.45, 2.75) is 126 Å². The third-order valence-electron chi connectivity index (χ3n) is 13.3. The highest BCUT2D eigenvalue weighted by atomic mass is 32.2. The van der Waals surface area contributed by atoms with Gasteiger partial charge in [0.05, 0.1) is 36.0 Å². The molecule has 5 atom stereocenters. The number of aromatic nitrogens is 2. The fourth-order valence-electron chi connectivity index (χ4n) is 9.13. The van der Waals surface area contributed by atoms with E-state index in [0.717, 1.165) is 12.1 Å². The summed E-state index contributed by atoms with van der Waals surface area (Å²) in [6.45, 7) is 3.88. The van der Waals surface area contributed by atoms with E-state index in [9.17, 15) is 40.8 Å². The largest absolute Gasteiger partial charge is 0.497 e. The van der Waals surface area contributed by atoms with Crippen LogP contribution in [0.3, 0.4) is 0 Å². The summed E-state index contributed by atoms with van der Waals surface area (Å²) in [7, 11) is -2.40. The van der Waals surface area contributed by atoms with Crippen molar-refractivity contribution >= 4 is 55.9 Å². The third kappa shape index (κ3) is 9.89. The summed E-state index contributed by atoms with van der Waals surface area (Å²) in [4.78, 5) is 69.8. The minimum atomic E-state index is -4.35. The average Bonchev–Trinajstić information content (AvgIpc) is 4.13. The molecule has 1 unspecified atom stereocenters. The zero-order valence-electron chi connectivity index (χ0n) is 36.2. The lowest BCUT2D eigenvalue weighted by atomic mass is 9.92. The normalized spacial score (nSPS) is 26.2. The Labute approximate surface area is 374 Å². The summed E-state index contributed by atoms with van der Waals surface area (Å²) in [6.07, 6.45) is 1.96. The number of nitrogens with one attached hydrogen (secondary N) is 2. The molecule has 4 fully saturated rings. The lowest BCUT2D eigenvalue weighted by molar-refractivity contribution is -0.186. The molecule has 1 aromatic carbocycles. The Kier molecular flexibility index (Phi) is 13.0. The quantitative estimate of drug-likeness (QED) is 0.210. The highest BCUT2D eigenvalue weighted by Crippen LogP contribution is 2.46. The molecule has 2 N–H and O–H groups in total. The molecule has 346 valence electrons. The number of piperidine rings is 1. The number of likely N-dealkylation sites (tertiary alicyclic amines) is 1. The van der Waals surface area contributed by atoms with Gasteiger partial charge in [0.15, 0.2) is 0 Å². The van der Waals surface area contributed by atoms with Gasteiger partial charge in [-0.15, -0.1) is 11.3 Å². The first kappa shape index (κ1) is 45.8. The summed E-state index contributed by atoms with van der Waals surface area (Å²) in [5.74, 6) is -4.09. The van der Waals surface area contributed by atoms with E-state index in [0.29, 0.717) is 71.6 Å². The number of nitrogens with zero attached hydrogens (tertiary/aromatic N) is 4.